The molecule has 0 radical (unpaired) electrons. The van der Waals surface area contributed by atoms with Crippen LogP contribution < -0.4 is 10.0 Å². The second-order valence-electron chi connectivity index (χ2n) is 5.39. The Morgan fingerprint density at radius 1 is 1.38 bits per heavy atom. The lowest BCUT2D eigenvalue weighted by molar-refractivity contribution is -0.137. The molecule has 10 heteroatoms. The molecule has 0 saturated heterocycles. The van der Waals surface area contributed by atoms with Crippen LogP contribution in [-0.2, 0) is 26.2 Å². The van der Waals surface area contributed by atoms with Gasteiger partial charge >= 0.3 is 5.97 Å². The number of rotatable bonds is 6. The fourth-order valence-electron chi connectivity index (χ4n) is 1.41. The molecule has 0 aromatic carbocycles. The summed E-state index contributed by atoms with van der Waals surface area (Å²) in [5.74, 6) is -1.61. The van der Waals surface area contributed by atoms with Gasteiger partial charge in [0.2, 0.25) is 15.9 Å². The van der Waals surface area contributed by atoms with Crippen LogP contribution in [0.3, 0.4) is 0 Å². The number of carbonyl (C=O) groups excluding carboxylic acids is 1. The van der Waals surface area contributed by atoms with Crippen LogP contribution in [0.2, 0.25) is 0 Å². The monoisotopic (exact) mass is 318 g/mol. The number of carboxylic acid groups (broad SMARTS) is 1. The van der Waals surface area contributed by atoms with Crippen molar-refractivity contribution < 1.29 is 23.1 Å². The molecule has 9 nitrogen and oxygen atoms in total. The smallest absolute Gasteiger partial charge is 0.325 e. The molecule has 0 spiro atoms. The SMILES string of the molecule is CC(C)(C)NC(=O)CNS(=O)(=O)c1cnn(CC(=O)O)c1. The van der Waals surface area contributed by atoms with Gasteiger partial charge in [0, 0.05) is 11.7 Å². The van der Waals surface area contributed by atoms with Gasteiger partial charge in [0.05, 0.1) is 12.7 Å². The molecule has 0 saturated carbocycles. The van der Waals surface area contributed by atoms with Crippen molar-refractivity contribution in [3.05, 3.63) is 12.4 Å². The number of hydrogen-bond donors (Lipinski definition) is 3. The Morgan fingerprint density at radius 2 is 2.00 bits per heavy atom. The Kier molecular flexibility index (Phi) is 5.07. The highest BCUT2D eigenvalue weighted by Gasteiger charge is 2.20. The second-order valence-corrected chi connectivity index (χ2v) is 7.16. The number of amides is 1. The molecule has 0 aliphatic heterocycles. The molecule has 0 atom stereocenters. The highest BCUT2D eigenvalue weighted by Crippen LogP contribution is 2.06. The molecule has 1 aromatic rings. The standard InChI is InChI=1S/C11H18N4O5S/c1-11(2,3)14-9(16)5-13-21(19,20)8-4-12-15(6-8)7-10(17)18/h4,6,13H,5,7H2,1-3H3,(H,14,16)(H,17,18). The predicted molar refractivity (Wildman–Crippen MR) is 72.9 cm³/mol. The molecule has 0 unspecified atom stereocenters. The zero-order valence-electron chi connectivity index (χ0n) is 12.0. The summed E-state index contributed by atoms with van der Waals surface area (Å²) in [6.45, 7) is 4.46. The Morgan fingerprint density at radius 3 is 2.52 bits per heavy atom. The number of hydrogen-bond acceptors (Lipinski definition) is 5. The molecular weight excluding hydrogens is 300 g/mol. The van der Waals surface area contributed by atoms with Gasteiger partial charge in [0.15, 0.2) is 0 Å². The van der Waals surface area contributed by atoms with Crippen molar-refractivity contribution in [3.8, 4) is 0 Å². The van der Waals surface area contributed by atoms with E-state index in [0.717, 1.165) is 17.1 Å². The van der Waals surface area contributed by atoms with E-state index in [2.05, 4.69) is 15.1 Å². The Balaban J connectivity index is 2.67. The molecule has 21 heavy (non-hydrogen) atoms. The quantitative estimate of drug-likeness (QED) is 0.627. The lowest BCUT2D eigenvalue weighted by atomic mass is 10.1. The lowest BCUT2D eigenvalue weighted by Gasteiger charge is -2.20. The first-order valence-corrected chi connectivity index (χ1v) is 7.53. The summed E-state index contributed by atoms with van der Waals surface area (Å²) in [5, 5.41) is 14.8. The first-order valence-electron chi connectivity index (χ1n) is 6.04. The van der Waals surface area contributed by atoms with Crippen molar-refractivity contribution in [2.24, 2.45) is 0 Å². The van der Waals surface area contributed by atoms with Crippen molar-refractivity contribution in [1.82, 2.24) is 19.8 Å². The van der Waals surface area contributed by atoms with E-state index < -0.39 is 40.5 Å². The average molecular weight is 318 g/mol. The predicted octanol–water partition coefficient (Wildman–Crippen LogP) is -0.839. The van der Waals surface area contributed by atoms with E-state index in [0.29, 0.717) is 0 Å². The van der Waals surface area contributed by atoms with E-state index in [-0.39, 0.29) is 4.90 Å². The molecule has 0 bridgehead atoms. The molecule has 0 fully saturated rings. The summed E-state index contributed by atoms with van der Waals surface area (Å²) in [6.07, 6.45) is 2.10. The minimum Gasteiger partial charge on any atom is -0.480 e. The molecule has 1 heterocycles. The van der Waals surface area contributed by atoms with Crippen molar-refractivity contribution in [2.45, 2.75) is 37.8 Å². The van der Waals surface area contributed by atoms with Crippen molar-refractivity contribution in [1.29, 1.82) is 0 Å². The Hall–Kier alpha value is -1.94. The Labute approximate surface area is 122 Å². The molecule has 3 N–H and O–H groups in total. The van der Waals surface area contributed by atoms with Gasteiger partial charge in [0.1, 0.15) is 11.4 Å². The normalized spacial score (nSPS) is 12.1. The van der Waals surface area contributed by atoms with Crippen molar-refractivity contribution in [3.63, 3.8) is 0 Å². The summed E-state index contributed by atoms with van der Waals surface area (Å²) >= 11 is 0. The zero-order valence-corrected chi connectivity index (χ0v) is 12.8. The topological polar surface area (TPSA) is 130 Å². The first kappa shape index (κ1) is 17.1. The molecule has 118 valence electrons. The van der Waals surface area contributed by atoms with E-state index in [1.54, 1.807) is 20.8 Å². The number of aliphatic carboxylic acids is 1. The highest BCUT2D eigenvalue weighted by atomic mass is 32.2. The number of aromatic nitrogens is 2. The zero-order chi connectivity index (χ0) is 16.3. The molecule has 0 aliphatic carbocycles. The maximum atomic E-state index is 11.9. The minimum absolute atomic E-state index is 0.202. The van der Waals surface area contributed by atoms with Gasteiger partial charge in [-0.3, -0.25) is 14.3 Å². The van der Waals surface area contributed by atoms with Gasteiger partial charge in [-0.1, -0.05) is 0 Å². The summed E-state index contributed by atoms with van der Waals surface area (Å²) in [7, 11) is -3.91. The summed E-state index contributed by atoms with van der Waals surface area (Å²) in [5.41, 5.74) is -0.463. The van der Waals surface area contributed by atoms with Crippen LogP contribution in [0, 0.1) is 0 Å². The third-order valence-electron chi connectivity index (χ3n) is 2.15. The maximum absolute atomic E-state index is 11.9. The van der Waals surface area contributed by atoms with E-state index in [4.69, 9.17) is 5.11 Å². The van der Waals surface area contributed by atoms with Gasteiger partial charge in [0.25, 0.3) is 0 Å². The summed E-state index contributed by atoms with van der Waals surface area (Å²) < 4.78 is 26.9. The molecule has 0 aliphatic rings. The first-order chi connectivity index (χ1) is 9.49. The number of carbonyl (C=O) groups is 2. The van der Waals surface area contributed by atoms with Gasteiger partial charge < -0.3 is 10.4 Å². The van der Waals surface area contributed by atoms with E-state index >= 15 is 0 Å². The third-order valence-corrected chi connectivity index (χ3v) is 3.51. The van der Waals surface area contributed by atoms with Crippen LogP contribution in [-0.4, -0.2) is 47.3 Å². The largest absolute Gasteiger partial charge is 0.480 e. The van der Waals surface area contributed by atoms with E-state index in [9.17, 15) is 18.0 Å². The van der Waals surface area contributed by atoms with Gasteiger partial charge in [-0.15, -0.1) is 0 Å². The van der Waals surface area contributed by atoms with Crippen molar-refractivity contribution >= 4 is 21.9 Å². The van der Waals surface area contributed by atoms with Crippen LogP contribution in [0.1, 0.15) is 20.8 Å². The molecule has 1 rings (SSSR count). The van der Waals surface area contributed by atoms with Gasteiger partial charge in [-0.2, -0.15) is 5.10 Å². The number of sulfonamides is 1. The Bertz CT molecular complexity index is 629. The maximum Gasteiger partial charge on any atom is 0.325 e. The summed E-state index contributed by atoms with van der Waals surface area (Å²) in [4.78, 5) is 21.8. The van der Waals surface area contributed by atoms with Gasteiger partial charge in [-0.05, 0) is 20.8 Å². The lowest BCUT2D eigenvalue weighted by Crippen LogP contribution is -2.45. The fraction of sp³-hybridized carbons (Fsp3) is 0.545. The van der Waals surface area contributed by atoms with E-state index in [1.165, 1.54) is 0 Å². The fourth-order valence-corrected chi connectivity index (χ4v) is 2.35. The minimum atomic E-state index is -3.91. The van der Waals surface area contributed by atoms with Crippen LogP contribution in [0.15, 0.2) is 17.3 Å². The summed E-state index contributed by atoms with van der Waals surface area (Å²) in [6, 6.07) is 0. The number of carboxylic acids is 1. The van der Waals surface area contributed by atoms with Crippen LogP contribution in [0.4, 0.5) is 0 Å². The van der Waals surface area contributed by atoms with Crippen LogP contribution >= 0.6 is 0 Å². The number of nitrogens with one attached hydrogen (secondary N) is 2. The van der Waals surface area contributed by atoms with Crippen LogP contribution in [0.25, 0.3) is 0 Å². The third kappa shape index (κ3) is 5.92. The number of nitrogens with zero attached hydrogens (tertiary/aromatic N) is 2. The molecule has 1 aromatic heterocycles. The molecule has 1 amide bonds. The van der Waals surface area contributed by atoms with Crippen LogP contribution in [0.5, 0.6) is 0 Å². The van der Waals surface area contributed by atoms with E-state index in [1.807, 2.05) is 0 Å². The van der Waals surface area contributed by atoms with Crippen molar-refractivity contribution in [2.75, 3.05) is 6.54 Å². The average Bonchev–Trinajstić information content (AvgIpc) is 2.72. The van der Waals surface area contributed by atoms with Gasteiger partial charge in [-0.25, -0.2) is 13.1 Å². The highest BCUT2D eigenvalue weighted by molar-refractivity contribution is 7.89. The molecular formula is C11H18N4O5S. The second kappa shape index (κ2) is 6.22.